The van der Waals surface area contributed by atoms with Gasteiger partial charge < -0.3 is 0 Å². The summed E-state index contributed by atoms with van der Waals surface area (Å²) in [5.41, 5.74) is 1.65. The van der Waals surface area contributed by atoms with Crippen LogP contribution < -0.4 is 4.72 Å². The smallest absolute Gasteiger partial charge is 0.241 e. The largest absolute Gasteiger partial charge is 0.256 e. The summed E-state index contributed by atoms with van der Waals surface area (Å²) in [6.45, 7) is 2.69. The normalized spacial score (nSPS) is 17.8. The Balaban J connectivity index is 1.76. The van der Waals surface area contributed by atoms with Gasteiger partial charge >= 0.3 is 0 Å². The van der Waals surface area contributed by atoms with Gasteiger partial charge in [0.2, 0.25) is 10.0 Å². The zero-order valence-electron chi connectivity index (χ0n) is 13.2. The lowest BCUT2D eigenvalue weighted by atomic mass is 10.1. The minimum Gasteiger partial charge on any atom is -0.256 e. The summed E-state index contributed by atoms with van der Waals surface area (Å²) in [5, 5.41) is 4.76. The van der Waals surface area contributed by atoms with Crippen molar-refractivity contribution in [1.82, 2.24) is 24.5 Å². The maximum absolute atomic E-state index is 13.0. The van der Waals surface area contributed by atoms with Crippen molar-refractivity contribution in [3.8, 4) is 0 Å². The van der Waals surface area contributed by atoms with Crippen LogP contribution in [-0.4, -0.2) is 28.2 Å². The number of hydrogen-bond acceptors (Lipinski definition) is 5. The fraction of sp³-hybridized carbons (Fsp3) is 0.312. The van der Waals surface area contributed by atoms with Gasteiger partial charge in [0.1, 0.15) is 12.2 Å². The van der Waals surface area contributed by atoms with Gasteiger partial charge in [0.15, 0.2) is 0 Å². The van der Waals surface area contributed by atoms with E-state index in [1.165, 1.54) is 6.33 Å². The van der Waals surface area contributed by atoms with Gasteiger partial charge in [-0.2, -0.15) is 5.10 Å². The first-order chi connectivity index (χ1) is 11.6. The van der Waals surface area contributed by atoms with Crippen molar-refractivity contribution in [2.24, 2.45) is 0 Å². The molecular weight excluding hydrogens is 326 g/mol. The molecule has 1 N–H and O–H groups in total. The number of aryl methyl sites for hydroxylation is 2. The van der Waals surface area contributed by atoms with Crippen LogP contribution in [0.3, 0.4) is 0 Å². The molecule has 0 bridgehead atoms. The molecule has 1 aliphatic heterocycles. The Morgan fingerprint density at radius 3 is 3.00 bits per heavy atom. The monoisotopic (exact) mass is 343 g/mol. The first-order valence-electron chi connectivity index (χ1n) is 7.80. The molecule has 1 aliphatic rings. The van der Waals surface area contributed by atoms with Gasteiger partial charge in [-0.3, -0.25) is 4.98 Å². The molecule has 0 unspecified atom stereocenters. The number of rotatable bonds is 3. The predicted octanol–water partition coefficient (Wildman–Crippen LogP) is 1.95. The molecular formula is C16H17N5O2S. The van der Waals surface area contributed by atoms with Crippen molar-refractivity contribution in [2.45, 2.75) is 37.2 Å². The van der Waals surface area contributed by atoms with E-state index in [1.807, 2.05) is 6.92 Å². The molecule has 24 heavy (non-hydrogen) atoms. The number of nitrogens with one attached hydrogen (secondary N) is 1. The van der Waals surface area contributed by atoms with E-state index in [-0.39, 0.29) is 10.9 Å². The summed E-state index contributed by atoms with van der Waals surface area (Å²) in [5.74, 6) is 0.666. The van der Waals surface area contributed by atoms with Crippen molar-refractivity contribution in [3.63, 3.8) is 0 Å². The Labute approximate surface area is 139 Å². The van der Waals surface area contributed by atoms with E-state index in [0.29, 0.717) is 23.1 Å². The Kier molecular flexibility index (Phi) is 3.58. The second kappa shape index (κ2) is 5.64. The number of sulfonamides is 1. The highest BCUT2D eigenvalue weighted by atomic mass is 32.2. The van der Waals surface area contributed by atoms with Gasteiger partial charge in [-0.05, 0) is 43.5 Å². The summed E-state index contributed by atoms with van der Waals surface area (Å²) in [4.78, 5) is 8.76. The summed E-state index contributed by atoms with van der Waals surface area (Å²) < 4.78 is 30.5. The average Bonchev–Trinajstić information content (AvgIpc) is 3.05. The van der Waals surface area contributed by atoms with Crippen molar-refractivity contribution >= 4 is 20.9 Å². The topological polar surface area (TPSA) is 89.8 Å². The molecule has 2 aromatic heterocycles. The van der Waals surface area contributed by atoms with Crippen LogP contribution in [0.25, 0.3) is 10.9 Å². The fourth-order valence-electron chi connectivity index (χ4n) is 3.17. The Bertz CT molecular complexity index is 1010. The van der Waals surface area contributed by atoms with E-state index in [9.17, 15) is 8.42 Å². The zero-order valence-corrected chi connectivity index (χ0v) is 14.0. The van der Waals surface area contributed by atoms with E-state index in [1.54, 1.807) is 35.1 Å². The lowest BCUT2D eigenvalue weighted by Crippen LogP contribution is -2.33. The highest BCUT2D eigenvalue weighted by molar-refractivity contribution is 7.89. The Hall–Kier alpha value is -2.32. The summed E-state index contributed by atoms with van der Waals surface area (Å²) >= 11 is 0. The van der Waals surface area contributed by atoms with Crippen LogP contribution in [0.5, 0.6) is 0 Å². The van der Waals surface area contributed by atoms with Crippen LogP contribution in [-0.2, 0) is 16.6 Å². The molecule has 0 amide bonds. The third-order valence-corrected chi connectivity index (χ3v) is 5.87. The summed E-state index contributed by atoms with van der Waals surface area (Å²) in [6, 6.07) is 6.59. The Morgan fingerprint density at radius 2 is 2.12 bits per heavy atom. The number of fused-ring (bicyclic) bond motifs is 2. The van der Waals surface area contributed by atoms with Gasteiger partial charge in [-0.15, -0.1) is 0 Å². The zero-order chi connectivity index (χ0) is 16.7. The van der Waals surface area contributed by atoms with Gasteiger partial charge in [-0.1, -0.05) is 6.07 Å². The third kappa shape index (κ3) is 2.47. The molecule has 1 atom stereocenters. The molecule has 0 saturated carbocycles. The summed E-state index contributed by atoms with van der Waals surface area (Å²) in [7, 11) is -3.69. The van der Waals surface area contributed by atoms with Gasteiger partial charge in [0.25, 0.3) is 0 Å². The molecule has 0 aliphatic carbocycles. The SMILES string of the molecule is Cc1ccc(S(=O)(=O)N[C@H]2CCCn3ncnc32)c2cccnc12. The van der Waals surface area contributed by atoms with Crippen LogP contribution in [0, 0.1) is 6.92 Å². The first kappa shape index (κ1) is 15.2. The maximum Gasteiger partial charge on any atom is 0.241 e. The Morgan fingerprint density at radius 1 is 1.25 bits per heavy atom. The average molecular weight is 343 g/mol. The second-order valence-electron chi connectivity index (χ2n) is 5.94. The van der Waals surface area contributed by atoms with Gasteiger partial charge in [-0.25, -0.2) is 22.8 Å². The summed E-state index contributed by atoms with van der Waals surface area (Å²) in [6.07, 6.45) is 4.70. The van der Waals surface area contributed by atoms with Crippen molar-refractivity contribution in [3.05, 3.63) is 48.2 Å². The van der Waals surface area contributed by atoms with E-state index in [4.69, 9.17) is 0 Å². The minimum atomic E-state index is -3.69. The molecule has 1 aromatic carbocycles. The van der Waals surface area contributed by atoms with Crippen LogP contribution in [0.15, 0.2) is 41.7 Å². The van der Waals surface area contributed by atoms with Gasteiger partial charge in [0, 0.05) is 18.1 Å². The highest BCUT2D eigenvalue weighted by Crippen LogP contribution is 2.28. The van der Waals surface area contributed by atoms with E-state index in [2.05, 4.69) is 19.8 Å². The van der Waals surface area contributed by atoms with Crippen LogP contribution in [0.2, 0.25) is 0 Å². The number of benzene rings is 1. The fourth-order valence-corrected chi connectivity index (χ4v) is 4.60. The molecule has 124 valence electrons. The molecule has 0 spiro atoms. The van der Waals surface area contributed by atoms with E-state index in [0.717, 1.165) is 18.5 Å². The molecule has 0 saturated heterocycles. The van der Waals surface area contributed by atoms with Crippen molar-refractivity contribution < 1.29 is 8.42 Å². The van der Waals surface area contributed by atoms with Crippen LogP contribution in [0.1, 0.15) is 30.3 Å². The predicted molar refractivity (Wildman–Crippen MR) is 88.8 cm³/mol. The molecule has 4 rings (SSSR count). The van der Waals surface area contributed by atoms with Crippen LogP contribution >= 0.6 is 0 Å². The number of pyridine rings is 1. The minimum absolute atomic E-state index is 0.243. The van der Waals surface area contributed by atoms with Gasteiger partial charge in [0.05, 0.1) is 16.5 Å². The molecule has 7 nitrogen and oxygen atoms in total. The quantitative estimate of drug-likeness (QED) is 0.785. The van der Waals surface area contributed by atoms with Crippen LogP contribution in [0.4, 0.5) is 0 Å². The number of hydrogen-bond donors (Lipinski definition) is 1. The standard InChI is InChI=1S/C16H17N5O2S/c1-11-6-7-14(12-4-2-8-17-15(11)12)24(22,23)20-13-5-3-9-21-16(13)18-10-19-21/h2,4,6-8,10,13,20H,3,5,9H2,1H3/t13-/m0/s1. The molecule has 0 fully saturated rings. The number of nitrogens with zero attached hydrogens (tertiary/aromatic N) is 4. The maximum atomic E-state index is 13.0. The van der Waals surface area contributed by atoms with E-state index >= 15 is 0 Å². The highest BCUT2D eigenvalue weighted by Gasteiger charge is 2.28. The van der Waals surface area contributed by atoms with Crippen molar-refractivity contribution in [2.75, 3.05) is 0 Å². The van der Waals surface area contributed by atoms with E-state index < -0.39 is 10.0 Å². The first-order valence-corrected chi connectivity index (χ1v) is 9.29. The second-order valence-corrected chi connectivity index (χ2v) is 7.62. The molecule has 3 aromatic rings. The molecule has 0 radical (unpaired) electrons. The van der Waals surface area contributed by atoms with Crippen molar-refractivity contribution in [1.29, 1.82) is 0 Å². The molecule has 3 heterocycles. The number of aromatic nitrogens is 4. The lowest BCUT2D eigenvalue weighted by Gasteiger charge is -2.23. The lowest BCUT2D eigenvalue weighted by molar-refractivity contribution is 0.400. The third-order valence-electron chi connectivity index (χ3n) is 4.34. The molecule has 8 heteroatoms.